The Morgan fingerprint density at radius 2 is 2.27 bits per heavy atom. The van der Waals surface area contributed by atoms with E-state index in [1.54, 1.807) is 0 Å². The molecule has 0 aromatic carbocycles. The Kier molecular flexibility index (Phi) is 1.96. The minimum absolute atomic E-state index is 0.475. The molecule has 0 N–H and O–H groups in total. The van der Waals surface area contributed by atoms with Crippen LogP contribution >= 0.6 is 0 Å². The number of rotatable bonds is 2. The molecule has 0 saturated carbocycles. The average Bonchev–Trinajstić information content (AvgIpc) is 2.14. The molecule has 15 heavy (non-hydrogen) atoms. The lowest BCUT2D eigenvalue weighted by atomic mass is 9.78. The summed E-state index contributed by atoms with van der Waals surface area (Å²) in [7, 11) is 0. The Balaban J connectivity index is 1.77. The lowest BCUT2D eigenvalue weighted by Gasteiger charge is -2.55. The predicted molar refractivity (Wildman–Crippen MR) is 59.1 cm³/mol. The number of hydrogen-bond donors (Lipinski definition) is 0. The number of aromatic nitrogens is 1. The van der Waals surface area contributed by atoms with Crippen LogP contribution in [0.3, 0.4) is 0 Å². The van der Waals surface area contributed by atoms with Gasteiger partial charge in [0.1, 0.15) is 5.82 Å². The molecular weight excluding hydrogens is 188 g/mol. The van der Waals surface area contributed by atoms with E-state index in [0.29, 0.717) is 5.41 Å². The van der Waals surface area contributed by atoms with Gasteiger partial charge in [-0.1, -0.05) is 13.0 Å². The van der Waals surface area contributed by atoms with Gasteiger partial charge < -0.3 is 9.64 Å². The third-order valence-electron chi connectivity index (χ3n) is 3.42. The zero-order chi connectivity index (χ0) is 10.3. The SMILES string of the molecule is CCc1cccnc1N1CC2(COC2)C1. The van der Waals surface area contributed by atoms with Gasteiger partial charge in [-0.15, -0.1) is 0 Å². The molecule has 3 heterocycles. The topological polar surface area (TPSA) is 25.4 Å². The van der Waals surface area contributed by atoms with E-state index in [9.17, 15) is 0 Å². The van der Waals surface area contributed by atoms with Gasteiger partial charge >= 0.3 is 0 Å². The van der Waals surface area contributed by atoms with E-state index >= 15 is 0 Å². The highest BCUT2D eigenvalue weighted by Gasteiger charge is 2.49. The minimum Gasteiger partial charge on any atom is -0.380 e. The van der Waals surface area contributed by atoms with Crippen molar-refractivity contribution in [1.82, 2.24) is 4.98 Å². The number of ether oxygens (including phenoxy) is 1. The first-order valence-corrected chi connectivity index (χ1v) is 5.60. The highest BCUT2D eigenvalue weighted by molar-refractivity contribution is 5.50. The normalized spacial score (nSPS) is 22.3. The van der Waals surface area contributed by atoms with E-state index in [1.807, 2.05) is 12.3 Å². The van der Waals surface area contributed by atoms with Crippen molar-refractivity contribution in [3.8, 4) is 0 Å². The zero-order valence-electron chi connectivity index (χ0n) is 9.07. The van der Waals surface area contributed by atoms with E-state index < -0.39 is 0 Å². The van der Waals surface area contributed by atoms with Crippen LogP contribution in [-0.4, -0.2) is 31.3 Å². The molecule has 1 aromatic rings. The van der Waals surface area contributed by atoms with Crippen LogP contribution in [-0.2, 0) is 11.2 Å². The van der Waals surface area contributed by atoms with Crippen LogP contribution in [0.1, 0.15) is 12.5 Å². The fraction of sp³-hybridized carbons (Fsp3) is 0.583. The zero-order valence-corrected chi connectivity index (χ0v) is 9.07. The number of anilines is 1. The summed E-state index contributed by atoms with van der Waals surface area (Å²) in [4.78, 5) is 6.86. The van der Waals surface area contributed by atoms with E-state index in [1.165, 1.54) is 11.4 Å². The molecule has 1 spiro atoms. The predicted octanol–water partition coefficient (Wildman–Crippen LogP) is 1.48. The highest BCUT2D eigenvalue weighted by Crippen LogP contribution is 2.40. The largest absolute Gasteiger partial charge is 0.380 e. The molecule has 0 radical (unpaired) electrons. The summed E-state index contributed by atoms with van der Waals surface area (Å²) in [5, 5.41) is 0. The van der Waals surface area contributed by atoms with Crippen LogP contribution < -0.4 is 4.90 Å². The monoisotopic (exact) mass is 204 g/mol. The Hall–Kier alpha value is -1.09. The second kappa shape index (κ2) is 3.20. The molecule has 0 unspecified atom stereocenters. The Morgan fingerprint density at radius 1 is 1.47 bits per heavy atom. The molecule has 2 aliphatic heterocycles. The fourth-order valence-electron chi connectivity index (χ4n) is 2.48. The maximum atomic E-state index is 5.27. The molecule has 0 atom stereocenters. The molecule has 2 aliphatic rings. The van der Waals surface area contributed by atoms with Crippen molar-refractivity contribution in [3.05, 3.63) is 23.9 Å². The van der Waals surface area contributed by atoms with Crippen LogP contribution in [0.2, 0.25) is 0 Å². The first-order valence-electron chi connectivity index (χ1n) is 5.60. The molecule has 3 nitrogen and oxygen atoms in total. The lowest BCUT2D eigenvalue weighted by Crippen LogP contribution is -2.66. The van der Waals surface area contributed by atoms with Crippen molar-refractivity contribution in [2.24, 2.45) is 5.41 Å². The van der Waals surface area contributed by atoms with Gasteiger partial charge in [0, 0.05) is 19.3 Å². The van der Waals surface area contributed by atoms with E-state index in [0.717, 1.165) is 32.7 Å². The van der Waals surface area contributed by atoms with E-state index in [4.69, 9.17) is 4.74 Å². The Morgan fingerprint density at radius 3 is 2.87 bits per heavy atom. The third-order valence-corrected chi connectivity index (χ3v) is 3.42. The lowest BCUT2D eigenvalue weighted by molar-refractivity contribution is -0.127. The summed E-state index contributed by atoms with van der Waals surface area (Å²) in [5.74, 6) is 1.18. The summed E-state index contributed by atoms with van der Waals surface area (Å²) < 4.78 is 5.27. The van der Waals surface area contributed by atoms with Gasteiger partial charge in [0.25, 0.3) is 0 Å². The minimum atomic E-state index is 0.475. The average molecular weight is 204 g/mol. The molecule has 0 bridgehead atoms. The van der Waals surface area contributed by atoms with Gasteiger partial charge in [-0.25, -0.2) is 4.98 Å². The van der Waals surface area contributed by atoms with Gasteiger partial charge in [-0.2, -0.15) is 0 Å². The summed E-state index contributed by atoms with van der Waals surface area (Å²) in [6.07, 6.45) is 2.94. The number of aryl methyl sites for hydroxylation is 1. The van der Waals surface area contributed by atoms with Crippen molar-refractivity contribution in [2.75, 3.05) is 31.2 Å². The second-order valence-corrected chi connectivity index (χ2v) is 4.69. The first kappa shape index (κ1) is 9.16. The van der Waals surface area contributed by atoms with Crippen molar-refractivity contribution < 1.29 is 4.74 Å². The van der Waals surface area contributed by atoms with Crippen LogP contribution in [0.4, 0.5) is 5.82 Å². The molecule has 0 amide bonds. The highest BCUT2D eigenvalue weighted by atomic mass is 16.5. The summed E-state index contributed by atoms with van der Waals surface area (Å²) >= 11 is 0. The molecule has 80 valence electrons. The Labute approximate surface area is 90.1 Å². The molecule has 3 heteroatoms. The molecule has 3 rings (SSSR count). The van der Waals surface area contributed by atoms with Gasteiger partial charge in [-0.3, -0.25) is 0 Å². The van der Waals surface area contributed by atoms with Crippen LogP contribution in [0, 0.1) is 5.41 Å². The van der Waals surface area contributed by atoms with E-state index in [-0.39, 0.29) is 0 Å². The summed E-state index contributed by atoms with van der Waals surface area (Å²) in [5.41, 5.74) is 1.83. The van der Waals surface area contributed by atoms with E-state index in [2.05, 4.69) is 22.9 Å². The van der Waals surface area contributed by atoms with Gasteiger partial charge in [-0.05, 0) is 18.1 Å². The van der Waals surface area contributed by atoms with Crippen molar-refractivity contribution in [2.45, 2.75) is 13.3 Å². The molecular formula is C12H16N2O. The Bertz CT molecular complexity index is 366. The van der Waals surface area contributed by atoms with Crippen LogP contribution in [0.15, 0.2) is 18.3 Å². The maximum Gasteiger partial charge on any atom is 0.131 e. The van der Waals surface area contributed by atoms with Crippen molar-refractivity contribution in [1.29, 1.82) is 0 Å². The summed E-state index contributed by atoms with van der Waals surface area (Å²) in [6.45, 7) is 6.31. The van der Waals surface area contributed by atoms with Gasteiger partial charge in [0.15, 0.2) is 0 Å². The second-order valence-electron chi connectivity index (χ2n) is 4.69. The standard InChI is InChI=1S/C12H16N2O/c1-2-10-4-3-5-13-11(10)14-6-12(7-14)8-15-9-12/h3-5H,2,6-9H2,1H3. The number of hydrogen-bond acceptors (Lipinski definition) is 3. The summed E-state index contributed by atoms with van der Waals surface area (Å²) in [6, 6.07) is 4.19. The van der Waals surface area contributed by atoms with Crippen molar-refractivity contribution in [3.63, 3.8) is 0 Å². The number of pyridine rings is 1. The van der Waals surface area contributed by atoms with Gasteiger partial charge in [0.2, 0.25) is 0 Å². The first-order chi connectivity index (χ1) is 7.33. The molecule has 2 fully saturated rings. The maximum absolute atomic E-state index is 5.27. The van der Waals surface area contributed by atoms with Crippen LogP contribution in [0.5, 0.6) is 0 Å². The molecule has 1 aromatic heterocycles. The third kappa shape index (κ3) is 1.34. The number of nitrogens with zero attached hydrogens (tertiary/aromatic N) is 2. The smallest absolute Gasteiger partial charge is 0.131 e. The molecule has 2 saturated heterocycles. The molecule has 0 aliphatic carbocycles. The van der Waals surface area contributed by atoms with Gasteiger partial charge in [0.05, 0.1) is 18.6 Å². The van der Waals surface area contributed by atoms with Crippen LogP contribution in [0.25, 0.3) is 0 Å². The fourth-order valence-corrected chi connectivity index (χ4v) is 2.48. The van der Waals surface area contributed by atoms with Crippen molar-refractivity contribution >= 4 is 5.82 Å². The quantitative estimate of drug-likeness (QED) is 0.729.